The Bertz CT molecular complexity index is 2270. The zero-order valence-electron chi connectivity index (χ0n) is 27.8. The van der Waals surface area contributed by atoms with Crippen LogP contribution >= 0.6 is 0 Å². The molecule has 0 atom stereocenters. The van der Waals surface area contributed by atoms with Crippen molar-refractivity contribution in [2.75, 3.05) is 4.90 Å². The molecule has 0 radical (unpaired) electrons. The Kier molecular flexibility index (Phi) is 9.47. The molecule has 9 heteroatoms. The van der Waals surface area contributed by atoms with Gasteiger partial charge in [0.05, 0.1) is 24.0 Å². The van der Waals surface area contributed by atoms with E-state index in [2.05, 4.69) is 28.2 Å². The van der Waals surface area contributed by atoms with E-state index in [1.165, 1.54) is 0 Å². The first-order valence-corrected chi connectivity index (χ1v) is 15.7. The number of nitriles is 1. The fourth-order valence-electron chi connectivity index (χ4n) is 5.45. The van der Waals surface area contributed by atoms with Crippen molar-refractivity contribution in [3.8, 4) is 28.7 Å². The normalized spacial score (nSPS) is 12.2. The van der Waals surface area contributed by atoms with Crippen LogP contribution in [0, 0.1) is 17.9 Å². The minimum absolute atomic E-state index is 0.0500. The van der Waals surface area contributed by atoms with Gasteiger partial charge >= 0.3 is 11.9 Å². The van der Waals surface area contributed by atoms with Crippen LogP contribution in [0.3, 0.4) is 0 Å². The third-order valence-electron chi connectivity index (χ3n) is 7.91. The predicted molar refractivity (Wildman–Crippen MR) is 196 cm³/mol. The summed E-state index contributed by atoms with van der Waals surface area (Å²) in [7, 11) is 0. The molecule has 0 unspecified atom stereocenters. The van der Waals surface area contributed by atoms with Gasteiger partial charge in [0.15, 0.2) is 0 Å². The van der Waals surface area contributed by atoms with E-state index in [0.717, 1.165) is 39.3 Å². The molecule has 0 saturated heterocycles. The third kappa shape index (κ3) is 7.09. The highest BCUT2D eigenvalue weighted by Gasteiger charge is 2.26. The molecule has 1 aliphatic rings. The lowest BCUT2D eigenvalue weighted by atomic mass is 10.0. The predicted octanol–water partition coefficient (Wildman–Crippen LogP) is 10.7. The van der Waals surface area contributed by atoms with Crippen molar-refractivity contribution in [3.63, 3.8) is 0 Å². The lowest BCUT2D eigenvalue weighted by molar-refractivity contribution is -0.130. The topological polar surface area (TPSA) is 109 Å². The number of carbonyl (C=O) groups excluding carboxylic acids is 2. The Morgan fingerprint density at radius 3 is 1.61 bits per heavy atom. The summed E-state index contributed by atoms with van der Waals surface area (Å²) in [6.45, 7) is 17.9. The van der Waals surface area contributed by atoms with Gasteiger partial charge in [-0.15, -0.1) is 0 Å². The zero-order chi connectivity index (χ0) is 36.1. The molecule has 0 heterocycles. The molecule has 5 aromatic rings. The largest absolute Gasteiger partial charge is 0.423 e. The molecule has 0 N–H and O–H groups in total. The molecule has 0 saturated carbocycles. The zero-order valence-corrected chi connectivity index (χ0v) is 27.8. The highest BCUT2D eigenvalue weighted by Crippen LogP contribution is 2.47. The fourth-order valence-corrected chi connectivity index (χ4v) is 5.45. The molecule has 0 aliphatic heterocycles. The maximum absolute atomic E-state index is 12.0. The van der Waals surface area contributed by atoms with Crippen LogP contribution in [0.5, 0.6) is 11.5 Å². The van der Waals surface area contributed by atoms with Gasteiger partial charge in [0, 0.05) is 33.8 Å². The van der Waals surface area contributed by atoms with E-state index in [1.54, 1.807) is 38.1 Å². The first-order valence-electron chi connectivity index (χ1n) is 15.7. The van der Waals surface area contributed by atoms with Crippen LogP contribution in [0.4, 0.5) is 28.4 Å². The van der Waals surface area contributed by atoms with Crippen molar-refractivity contribution in [1.29, 1.82) is 5.26 Å². The van der Waals surface area contributed by atoms with Crippen molar-refractivity contribution >= 4 is 45.9 Å². The van der Waals surface area contributed by atoms with Crippen molar-refractivity contribution in [3.05, 3.63) is 168 Å². The summed E-state index contributed by atoms with van der Waals surface area (Å²) in [4.78, 5) is 29.5. The van der Waals surface area contributed by atoms with E-state index in [1.807, 2.05) is 102 Å². The third-order valence-corrected chi connectivity index (χ3v) is 7.91. The van der Waals surface area contributed by atoms with Crippen LogP contribution in [0.25, 0.3) is 21.5 Å². The average molecular weight is 668 g/mol. The van der Waals surface area contributed by atoms with E-state index in [9.17, 15) is 14.9 Å². The van der Waals surface area contributed by atoms with E-state index >= 15 is 0 Å². The molecule has 0 fully saturated rings. The second kappa shape index (κ2) is 14.4. The first-order chi connectivity index (χ1) is 24.7. The molecule has 246 valence electrons. The molecule has 0 bridgehead atoms. The van der Waals surface area contributed by atoms with Crippen LogP contribution in [-0.4, -0.2) is 11.9 Å². The van der Waals surface area contributed by atoms with Gasteiger partial charge in [-0.2, -0.15) is 10.2 Å². The maximum Gasteiger partial charge on any atom is 0.338 e. The van der Waals surface area contributed by atoms with Crippen molar-refractivity contribution in [1.82, 2.24) is 0 Å². The Hall–Kier alpha value is -7.36. The molecule has 9 nitrogen and oxygen atoms in total. The molecule has 5 aromatic carbocycles. The number of nitrogens with zero attached hydrogens (tertiary/aromatic N) is 5. The number of hydrogen-bond donors (Lipinski definition) is 0. The number of esters is 2. The second-order valence-electron chi connectivity index (χ2n) is 11.6. The molecular weight excluding hydrogens is 638 g/mol. The van der Waals surface area contributed by atoms with Gasteiger partial charge in [0.25, 0.3) is 5.70 Å². The molecule has 6 rings (SSSR count). The smallest absolute Gasteiger partial charge is 0.338 e. The monoisotopic (exact) mass is 667 g/mol. The molecule has 51 heavy (non-hydrogen) atoms. The SMILES string of the molecule is [C-]#[N+]/C(C#N)=C1\c2ccccc2-c2cc(/N=N/c3ccc(N(c4ccc(OC(=O)C(=C)C)cc4)c4ccc(OC(=O)C(=C)C)cc4)cc3)ccc21. The van der Waals surface area contributed by atoms with Crippen molar-refractivity contribution in [2.45, 2.75) is 13.8 Å². The minimum Gasteiger partial charge on any atom is -0.423 e. The lowest BCUT2D eigenvalue weighted by Gasteiger charge is -2.25. The van der Waals surface area contributed by atoms with Crippen LogP contribution in [-0.2, 0) is 9.59 Å². The van der Waals surface area contributed by atoms with E-state index in [-0.39, 0.29) is 5.70 Å². The van der Waals surface area contributed by atoms with Gasteiger partial charge in [-0.05, 0) is 121 Å². The number of allylic oxidation sites excluding steroid dienone is 1. The summed E-state index contributed by atoms with van der Waals surface area (Å²) < 4.78 is 10.8. The van der Waals surface area contributed by atoms with E-state index in [0.29, 0.717) is 39.6 Å². The van der Waals surface area contributed by atoms with E-state index < -0.39 is 11.9 Å². The first kappa shape index (κ1) is 33.5. The Labute approximate surface area is 295 Å². The summed E-state index contributed by atoms with van der Waals surface area (Å²) in [6, 6.07) is 36.9. The summed E-state index contributed by atoms with van der Waals surface area (Å²) in [5.74, 6) is -0.264. The number of hydrogen-bond acceptors (Lipinski definition) is 8. The van der Waals surface area contributed by atoms with Gasteiger partial charge in [-0.1, -0.05) is 43.5 Å². The Balaban J connectivity index is 1.29. The molecular formula is C42H29N5O4. The van der Waals surface area contributed by atoms with Crippen LogP contribution in [0.15, 0.2) is 155 Å². The second-order valence-corrected chi connectivity index (χ2v) is 11.6. The van der Waals surface area contributed by atoms with Crippen LogP contribution in [0.1, 0.15) is 25.0 Å². The number of azo groups is 1. The Morgan fingerprint density at radius 2 is 1.12 bits per heavy atom. The average Bonchev–Trinajstić information content (AvgIpc) is 3.46. The number of fused-ring (bicyclic) bond motifs is 3. The Morgan fingerprint density at radius 1 is 0.667 bits per heavy atom. The number of benzene rings is 5. The standard InChI is InChI=1S/C42H29N5O4/c1-26(2)41(48)50-33-19-15-31(16-20-33)47(32-17-21-34(22-18-32)51-42(49)27(3)4)30-13-10-28(11-14-30)45-46-29-12-23-37-38(24-29)35-8-6-7-9-36(35)40(37)39(25-43)44-5/h6-24H,1,3H2,2,4H3/b40-39+,46-45+. The van der Waals surface area contributed by atoms with Crippen molar-refractivity contribution < 1.29 is 19.1 Å². The lowest BCUT2D eigenvalue weighted by Crippen LogP contribution is -2.11. The molecule has 0 spiro atoms. The van der Waals surface area contributed by atoms with Gasteiger partial charge in [-0.3, -0.25) is 0 Å². The van der Waals surface area contributed by atoms with Gasteiger partial charge < -0.3 is 14.4 Å². The molecule has 0 amide bonds. The van der Waals surface area contributed by atoms with Gasteiger partial charge in [-0.25, -0.2) is 19.7 Å². The van der Waals surface area contributed by atoms with Crippen LogP contribution in [0.2, 0.25) is 0 Å². The summed E-state index contributed by atoms with van der Waals surface area (Å²) >= 11 is 0. The summed E-state index contributed by atoms with van der Waals surface area (Å²) in [5.41, 5.74) is 8.34. The molecule has 0 aromatic heterocycles. The number of carbonyl (C=O) groups is 2. The quantitative estimate of drug-likeness (QED) is 0.0379. The van der Waals surface area contributed by atoms with Crippen molar-refractivity contribution in [2.24, 2.45) is 10.2 Å². The number of ether oxygens (including phenoxy) is 2. The van der Waals surface area contributed by atoms with E-state index in [4.69, 9.17) is 16.0 Å². The molecule has 1 aliphatic carbocycles. The highest BCUT2D eigenvalue weighted by molar-refractivity contribution is 6.04. The van der Waals surface area contributed by atoms with Gasteiger partial charge in [0.2, 0.25) is 0 Å². The summed E-state index contributed by atoms with van der Waals surface area (Å²) in [6.07, 6.45) is 0. The highest BCUT2D eigenvalue weighted by atomic mass is 16.5. The number of rotatable bonds is 9. The van der Waals surface area contributed by atoms with Gasteiger partial charge in [0.1, 0.15) is 11.5 Å². The fraction of sp³-hybridized carbons (Fsp3) is 0.0476. The number of anilines is 3. The maximum atomic E-state index is 12.0. The minimum atomic E-state index is -0.510. The summed E-state index contributed by atoms with van der Waals surface area (Å²) in [5, 5.41) is 18.6. The van der Waals surface area contributed by atoms with Crippen LogP contribution < -0.4 is 14.4 Å².